The summed E-state index contributed by atoms with van der Waals surface area (Å²) in [5, 5.41) is 4.36. The first-order valence-corrected chi connectivity index (χ1v) is 10.4. The number of pyridine rings is 1. The Balaban J connectivity index is 1.36. The largest absolute Gasteiger partial charge is 0.355 e. The molecular formula is C24H19BrN4O2. The Bertz CT molecular complexity index is 1240. The van der Waals surface area contributed by atoms with Crippen molar-refractivity contribution in [3.8, 4) is 0 Å². The summed E-state index contributed by atoms with van der Waals surface area (Å²) < 4.78 is 0.849. The molecule has 154 valence electrons. The van der Waals surface area contributed by atoms with Gasteiger partial charge < -0.3 is 5.32 Å². The summed E-state index contributed by atoms with van der Waals surface area (Å²) in [7, 11) is 0. The zero-order valence-electron chi connectivity index (χ0n) is 16.4. The molecule has 7 heteroatoms. The van der Waals surface area contributed by atoms with Gasteiger partial charge in [0.2, 0.25) is 5.91 Å². The number of carbonyl (C=O) groups is 2. The van der Waals surface area contributed by atoms with Gasteiger partial charge in [0, 0.05) is 33.0 Å². The first-order chi connectivity index (χ1) is 15.1. The van der Waals surface area contributed by atoms with E-state index in [-0.39, 0.29) is 18.2 Å². The number of rotatable bonds is 5. The molecule has 0 radical (unpaired) electrons. The summed E-state index contributed by atoms with van der Waals surface area (Å²) in [6.07, 6.45) is 1.91. The lowest BCUT2D eigenvalue weighted by atomic mass is 10.1. The first kappa shape index (κ1) is 20.6. The number of nitrogens with one attached hydrogen (secondary N) is 3. The monoisotopic (exact) mass is 474 g/mol. The van der Waals surface area contributed by atoms with E-state index in [2.05, 4.69) is 37.1 Å². The van der Waals surface area contributed by atoms with Crippen LogP contribution < -0.4 is 16.2 Å². The summed E-state index contributed by atoms with van der Waals surface area (Å²) in [6, 6.07) is 24.2. The Kier molecular flexibility index (Phi) is 6.24. The standard InChI is InChI=1S/C24H19BrN4O2/c25-20-7-3-1-5-17(20)15-23(30)28-29-24(31)16-9-11-18(12-10-16)27-22-13-14-26-21-8-4-2-6-19(21)22/h1-14H,15H2,(H,26,27)(H,28,30)(H,29,31). The Labute approximate surface area is 187 Å². The van der Waals surface area contributed by atoms with E-state index in [1.165, 1.54) is 0 Å². The smallest absolute Gasteiger partial charge is 0.269 e. The van der Waals surface area contributed by atoms with Crippen LogP contribution in [0.4, 0.5) is 11.4 Å². The quantitative estimate of drug-likeness (QED) is 0.364. The van der Waals surface area contributed by atoms with Crippen LogP contribution in [0.1, 0.15) is 15.9 Å². The van der Waals surface area contributed by atoms with Crippen molar-refractivity contribution in [2.24, 2.45) is 0 Å². The number of anilines is 2. The van der Waals surface area contributed by atoms with Crippen molar-refractivity contribution in [3.05, 3.63) is 101 Å². The second kappa shape index (κ2) is 9.40. The molecule has 3 aromatic carbocycles. The highest BCUT2D eigenvalue weighted by Crippen LogP contribution is 2.25. The molecule has 2 amide bonds. The van der Waals surface area contributed by atoms with E-state index in [0.717, 1.165) is 32.3 Å². The Morgan fingerprint density at radius 2 is 1.58 bits per heavy atom. The number of hydrogen-bond acceptors (Lipinski definition) is 4. The maximum Gasteiger partial charge on any atom is 0.269 e. The maximum absolute atomic E-state index is 12.3. The minimum absolute atomic E-state index is 0.157. The van der Waals surface area contributed by atoms with E-state index in [9.17, 15) is 9.59 Å². The van der Waals surface area contributed by atoms with Gasteiger partial charge in [0.15, 0.2) is 0 Å². The normalized spacial score (nSPS) is 10.5. The molecule has 0 unspecified atom stereocenters. The molecule has 0 aliphatic carbocycles. The summed E-state index contributed by atoms with van der Waals surface area (Å²) >= 11 is 3.41. The fourth-order valence-corrected chi connectivity index (χ4v) is 3.55. The minimum Gasteiger partial charge on any atom is -0.355 e. The van der Waals surface area contributed by atoms with E-state index >= 15 is 0 Å². The van der Waals surface area contributed by atoms with Crippen molar-refractivity contribution in [2.75, 3.05) is 5.32 Å². The molecule has 0 fully saturated rings. The second-order valence-electron chi connectivity index (χ2n) is 6.85. The van der Waals surface area contributed by atoms with Gasteiger partial charge in [-0.1, -0.05) is 52.3 Å². The zero-order chi connectivity index (χ0) is 21.6. The number of carbonyl (C=O) groups excluding carboxylic acids is 2. The van der Waals surface area contributed by atoms with E-state index in [0.29, 0.717) is 5.56 Å². The molecule has 6 nitrogen and oxygen atoms in total. The number of fused-ring (bicyclic) bond motifs is 1. The number of para-hydroxylation sites is 1. The molecule has 1 aromatic heterocycles. The average Bonchev–Trinajstić information content (AvgIpc) is 2.80. The van der Waals surface area contributed by atoms with Crippen LogP contribution in [0.25, 0.3) is 10.9 Å². The molecule has 0 atom stereocenters. The van der Waals surface area contributed by atoms with Gasteiger partial charge in [0.1, 0.15) is 0 Å². The highest BCUT2D eigenvalue weighted by Gasteiger charge is 2.10. The predicted molar refractivity (Wildman–Crippen MR) is 125 cm³/mol. The lowest BCUT2D eigenvalue weighted by Crippen LogP contribution is -2.42. The number of nitrogens with zero attached hydrogens (tertiary/aromatic N) is 1. The summed E-state index contributed by atoms with van der Waals surface area (Å²) in [4.78, 5) is 28.8. The Morgan fingerprint density at radius 3 is 2.39 bits per heavy atom. The second-order valence-corrected chi connectivity index (χ2v) is 7.70. The Hall–Kier alpha value is -3.71. The van der Waals surface area contributed by atoms with Crippen molar-refractivity contribution >= 4 is 50.0 Å². The molecule has 0 saturated carbocycles. The number of hydrazine groups is 1. The van der Waals surface area contributed by atoms with Crippen LogP contribution in [-0.2, 0) is 11.2 Å². The number of halogens is 1. The number of benzene rings is 3. The SMILES string of the molecule is O=C(Cc1ccccc1Br)NNC(=O)c1ccc(Nc2ccnc3ccccc23)cc1. The molecular weight excluding hydrogens is 456 g/mol. The van der Waals surface area contributed by atoms with Gasteiger partial charge in [-0.2, -0.15) is 0 Å². The number of aromatic nitrogens is 1. The maximum atomic E-state index is 12.3. The highest BCUT2D eigenvalue weighted by atomic mass is 79.9. The van der Waals surface area contributed by atoms with E-state index in [4.69, 9.17) is 0 Å². The van der Waals surface area contributed by atoms with Crippen molar-refractivity contribution in [1.29, 1.82) is 0 Å². The van der Waals surface area contributed by atoms with Gasteiger partial charge in [-0.25, -0.2) is 0 Å². The van der Waals surface area contributed by atoms with Crippen LogP contribution in [0.2, 0.25) is 0 Å². The van der Waals surface area contributed by atoms with E-state index < -0.39 is 0 Å². The van der Waals surface area contributed by atoms with E-state index in [1.54, 1.807) is 18.3 Å². The fourth-order valence-electron chi connectivity index (χ4n) is 3.12. The van der Waals surface area contributed by atoms with Crippen molar-refractivity contribution in [2.45, 2.75) is 6.42 Å². The van der Waals surface area contributed by atoms with Gasteiger partial charge in [-0.05, 0) is 48.0 Å². The third-order valence-electron chi connectivity index (χ3n) is 4.70. The average molecular weight is 475 g/mol. The van der Waals surface area contributed by atoms with Gasteiger partial charge in [0.05, 0.1) is 11.9 Å². The molecule has 4 rings (SSSR count). The van der Waals surface area contributed by atoms with Crippen molar-refractivity contribution in [3.63, 3.8) is 0 Å². The first-order valence-electron chi connectivity index (χ1n) is 9.63. The molecule has 1 heterocycles. The molecule has 4 aromatic rings. The fraction of sp³-hybridized carbons (Fsp3) is 0.0417. The van der Waals surface area contributed by atoms with Crippen LogP contribution in [-0.4, -0.2) is 16.8 Å². The van der Waals surface area contributed by atoms with Crippen LogP contribution in [0.5, 0.6) is 0 Å². The van der Waals surface area contributed by atoms with Gasteiger partial charge in [0.25, 0.3) is 5.91 Å². The molecule has 0 aliphatic rings. The van der Waals surface area contributed by atoms with Gasteiger partial charge in [-0.3, -0.25) is 25.4 Å². The third-order valence-corrected chi connectivity index (χ3v) is 5.47. The summed E-state index contributed by atoms with van der Waals surface area (Å²) in [5.41, 5.74) is 8.85. The highest BCUT2D eigenvalue weighted by molar-refractivity contribution is 9.10. The zero-order valence-corrected chi connectivity index (χ0v) is 18.0. The molecule has 0 bridgehead atoms. The Morgan fingerprint density at radius 1 is 0.839 bits per heavy atom. The van der Waals surface area contributed by atoms with Gasteiger partial charge >= 0.3 is 0 Å². The van der Waals surface area contributed by atoms with Crippen LogP contribution in [0.3, 0.4) is 0 Å². The van der Waals surface area contributed by atoms with Gasteiger partial charge in [-0.15, -0.1) is 0 Å². The topological polar surface area (TPSA) is 83.1 Å². The van der Waals surface area contributed by atoms with E-state index in [1.807, 2.05) is 66.7 Å². The van der Waals surface area contributed by atoms with Crippen molar-refractivity contribution in [1.82, 2.24) is 15.8 Å². The van der Waals surface area contributed by atoms with Crippen LogP contribution in [0, 0.1) is 0 Å². The lowest BCUT2D eigenvalue weighted by molar-refractivity contribution is -0.121. The summed E-state index contributed by atoms with van der Waals surface area (Å²) in [5.74, 6) is -0.690. The predicted octanol–water partition coefficient (Wildman–Crippen LogP) is 4.74. The van der Waals surface area contributed by atoms with Crippen LogP contribution >= 0.6 is 15.9 Å². The molecule has 0 aliphatic heterocycles. The van der Waals surface area contributed by atoms with Crippen molar-refractivity contribution < 1.29 is 9.59 Å². The molecule has 0 saturated heterocycles. The molecule has 31 heavy (non-hydrogen) atoms. The lowest BCUT2D eigenvalue weighted by Gasteiger charge is -2.11. The third kappa shape index (κ3) is 5.07. The number of amides is 2. The minimum atomic E-state index is -0.388. The molecule has 3 N–H and O–H groups in total. The number of hydrogen-bond donors (Lipinski definition) is 3. The molecule has 0 spiro atoms. The van der Waals surface area contributed by atoms with Crippen LogP contribution in [0.15, 0.2) is 89.5 Å². The summed E-state index contributed by atoms with van der Waals surface area (Å²) in [6.45, 7) is 0.